The highest BCUT2D eigenvalue weighted by molar-refractivity contribution is 8.03. The number of rotatable bonds is 1. The summed E-state index contributed by atoms with van der Waals surface area (Å²) >= 11 is 1.06. The van der Waals surface area contributed by atoms with Crippen molar-refractivity contribution < 1.29 is 4.39 Å². The third-order valence-corrected chi connectivity index (χ3v) is 2.35. The summed E-state index contributed by atoms with van der Waals surface area (Å²) in [5.74, 6) is -0.261. The summed E-state index contributed by atoms with van der Waals surface area (Å²) in [4.78, 5) is 3.61. The van der Waals surface area contributed by atoms with Crippen LogP contribution in [0.1, 0.15) is 0 Å². The highest BCUT2D eigenvalue weighted by Crippen LogP contribution is 2.23. The Balaban J connectivity index is 2.58. The Labute approximate surface area is 78.4 Å². The number of nitriles is 1. The van der Waals surface area contributed by atoms with Crippen LogP contribution in [0.2, 0.25) is 0 Å². The fourth-order valence-electron chi connectivity index (χ4n) is 1.19. The van der Waals surface area contributed by atoms with E-state index >= 15 is 0 Å². The summed E-state index contributed by atoms with van der Waals surface area (Å²) < 4.78 is 13.0. The van der Waals surface area contributed by atoms with Gasteiger partial charge >= 0.3 is 0 Å². The predicted octanol–water partition coefficient (Wildman–Crippen LogP) is 2.88. The van der Waals surface area contributed by atoms with Crippen LogP contribution in [-0.2, 0) is 0 Å². The van der Waals surface area contributed by atoms with E-state index in [9.17, 15) is 4.39 Å². The van der Waals surface area contributed by atoms with Crippen LogP contribution in [0.4, 0.5) is 4.39 Å². The number of nitrogens with one attached hydrogen (secondary N) is 1. The maximum atomic E-state index is 13.0. The Morgan fingerprint density at radius 2 is 2.31 bits per heavy atom. The molecular formula is C9H5FN2S. The summed E-state index contributed by atoms with van der Waals surface area (Å²) in [5, 5.41) is 10.9. The number of thioether (sulfide) groups is 1. The third kappa shape index (κ3) is 1.38. The van der Waals surface area contributed by atoms with E-state index in [2.05, 4.69) is 4.98 Å². The van der Waals surface area contributed by atoms with Gasteiger partial charge in [0.1, 0.15) is 11.2 Å². The van der Waals surface area contributed by atoms with E-state index in [-0.39, 0.29) is 5.82 Å². The van der Waals surface area contributed by atoms with Crippen molar-refractivity contribution in [3.8, 4) is 5.40 Å². The molecule has 0 aliphatic carbocycles. The largest absolute Gasteiger partial charge is 0.359 e. The van der Waals surface area contributed by atoms with E-state index in [4.69, 9.17) is 5.26 Å². The molecule has 64 valence electrons. The fourth-order valence-corrected chi connectivity index (χ4v) is 1.60. The van der Waals surface area contributed by atoms with Crippen LogP contribution in [0.5, 0.6) is 0 Å². The summed E-state index contributed by atoms with van der Waals surface area (Å²) in [7, 11) is 0. The van der Waals surface area contributed by atoms with Crippen molar-refractivity contribution in [2.24, 2.45) is 0 Å². The molecule has 1 aromatic carbocycles. The molecule has 1 N–H and O–H groups in total. The lowest BCUT2D eigenvalue weighted by molar-refractivity contribution is 0.639. The molecule has 0 saturated heterocycles. The van der Waals surface area contributed by atoms with Crippen molar-refractivity contribution >= 4 is 22.7 Å². The van der Waals surface area contributed by atoms with E-state index in [0.717, 1.165) is 22.2 Å². The zero-order valence-corrected chi connectivity index (χ0v) is 7.36. The first-order valence-electron chi connectivity index (χ1n) is 3.64. The van der Waals surface area contributed by atoms with Crippen LogP contribution >= 0.6 is 11.8 Å². The summed E-state index contributed by atoms with van der Waals surface area (Å²) in [6.07, 6.45) is 1.31. The van der Waals surface area contributed by atoms with Gasteiger partial charge < -0.3 is 4.98 Å². The second-order valence-corrected chi connectivity index (χ2v) is 3.40. The Morgan fingerprint density at radius 3 is 3.08 bits per heavy atom. The summed E-state index contributed by atoms with van der Waals surface area (Å²) in [5.41, 5.74) is 0.720. The summed E-state index contributed by atoms with van der Waals surface area (Å²) in [6, 6.07) is 5.15. The minimum absolute atomic E-state index is 0.261. The molecule has 2 nitrogen and oxygen atoms in total. The first kappa shape index (κ1) is 8.14. The van der Waals surface area contributed by atoms with Crippen molar-refractivity contribution in [1.29, 1.82) is 5.26 Å². The first-order chi connectivity index (χ1) is 6.31. The number of fused-ring (bicyclic) bond motifs is 1. The van der Waals surface area contributed by atoms with Gasteiger partial charge in [-0.1, -0.05) is 0 Å². The van der Waals surface area contributed by atoms with Crippen LogP contribution in [0, 0.1) is 16.5 Å². The topological polar surface area (TPSA) is 39.6 Å². The molecule has 1 aromatic heterocycles. The first-order valence-corrected chi connectivity index (χ1v) is 4.45. The molecule has 0 amide bonds. The molecule has 0 saturated carbocycles. The number of aromatic amines is 1. The number of aromatic nitrogens is 1. The van der Waals surface area contributed by atoms with Gasteiger partial charge in [-0.05, 0) is 30.0 Å². The minimum Gasteiger partial charge on any atom is -0.359 e. The van der Waals surface area contributed by atoms with E-state index < -0.39 is 0 Å². The SMILES string of the molecule is N#CSc1ccc2c(F)c[nH]c2c1. The van der Waals surface area contributed by atoms with Crippen LogP contribution in [0.3, 0.4) is 0 Å². The van der Waals surface area contributed by atoms with Gasteiger partial charge in [-0.25, -0.2) is 4.39 Å². The Hall–Kier alpha value is -1.47. The maximum absolute atomic E-state index is 13.0. The average Bonchev–Trinajstić information content (AvgIpc) is 2.48. The lowest BCUT2D eigenvalue weighted by Gasteiger charge is -1.93. The fraction of sp³-hybridized carbons (Fsp3) is 0. The Morgan fingerprint density at radius 1 is 1.46 bits per heavy atom. The van der Waals surface area contributed by atoms with Crippen LogP contribution < -0.4 is 0 Å². The molecule has 0 aliphatic heterocycles. The lowest BCUT2D eigenvalue weighted by atomic mass is 10.2. The number of hydrogen-bond acceptors (Lipinski definition) is 2. The number of halogens is 1. The molecular weight excluding hydrogens is 187 g/mol. The third-order valence-electron chi connectivity index (χ3n) is 1.77. The van der Waals surface area contributed by atoms with Gasteiger partial charge in [-0.2, -0.15) is 5.26 Å². The highest BCUT2D eigenvalue weighted by atomic mass is 32.2. The normalized spacial score (nSPS) is 10.2. The van der Waals surface area contributed by atoms with Gasteiger partial charge in [0.25, 0.3) is 0 Å². The van der Waals surface area contributed by atoms with Gasteiger partial charge in [0, 0.05) is 22.0 Å². The zero-order chi connectivity index (χ0) is 9.26. The lowest BCUT2D eigenvalue weighted by Crippen LogP contribution is -1.71. The minimum atomic E-state index is -0.261. The van der Waals surface area contributed by atoms with Crippen LogP contribution in [-0.4, -0.2) is 4.98 Å². The molecule has 0 bridgehead atoms. The molecule has 0 radical (unpaired) electrons. The average molecular weight is 192 g/mol. The van der Waals surface area contributed by atoms with Crippen LogP contribution in [0.25, 0.3) is 10.9 Å². The molecule has 4 heteroatoms. The quantitative estimate of drug-likeness (QED) is 0.557. The second-order valence-electron chi connectivity index (χ2n) is 2.54. The van der Waals surface area contributed by atoms with Gasteiger partial charge in [0.15, 0.2) is 0 Å². The number of benzene rings is 1. The maximum Gasteiger partial charge on any atom is 0.148 e. The molecule has 13 heavy (non-hydrogen) atoms. The molecule has 0 spiro atoms. The van der Waals surface area contributed by atoms with Crippen LogP contribution in [0.15, 0.2) is 29.3 Å². The molecule has 1 heterocycles. The molecule has 0 aliphatic rings. The molecule has 0 atom stereocenters. The van der Waals surface area contributed by atoms with Crippen molar-refractivity contribution in [3.05, 3.63) is 30.2 Å². The molecule has 0 fully saturated rings. The number of thiocyanates is 1. The predicted molar refractivity (Wildman–Crippen MR) is 49.7 cm³/mol. The summed E-state index contributed by atoms with van der Waals surface area (Å²) in [6.45, 7) is 0. The van der Waals surface area contributed by atoms with E-state index in [1.54, 1.807) is 18.2 Å². The second kappa shape index (κ2) is 3.11. The molecule has 2 rings (SSSR count). The van der Waals surface area contributed by atoms with Gasteiger partial charge in [0.05, 0.1) is 0 Å². The monoisotopic (exact) mass is 192 g/mol. The van der Waals surface area contributed by atoms with Crippen molar-refractivity contribution in [3.63, 3.8) is 0 Å². The molecule has 2 aromatic rings. The number of H-pyrrole nitrogens is 1. The van der Waals surface area contributed by atoms with Gasteiger partial charge in [0.2, 0.25) is 0 Å². The van der Waals surface area contributed by atoms with Crippen molar-refractivity contribution in [1.82, 2.24) is 4.98 Å². The zero-order valence-electron chi connectivity index (χ0n) is 6.54. The number of nitrogens with zero attached hydrogens (tertiary/aromatic N) is 1. The highest BCUT2D eigenvalue weighted by Gasteiger charge is 2.02. The van der Waals surface area contributed by atoms with E-state index in [0.29, 0.717) is 5.39 Å². The Bertz CT molecular complexity index is 484. The van der Waals surface area contributed by atoms with Crippen molar-refractivity contribution in [2.45, 2.75) is 4.90 Å². The standard InChI is InChI=1S/C9H5FN2S/c10-8-4-12-9-3-6(13-5-11)1-2-7(8)9/h1-4,12H. The van der Waals surface area contributed by atoms with Crippen molar-refractivity contribution in [2.75, 3.05) is 0 Å². The Kier molecular flexibility index (Phi) is 1.95. The molecule has 0 unspecified atom stereocenters. The van der Waals surface area contributed by atoms with E-state index in [1.807, 2.05) is 5.40 Å². The van der Waals surface area contributed by atoms with E-state index in [1.165, 1.54) is 6.20 Å². The van der Waals surface area contributed by atoms with Gasteiger partial charge in [-0.15, -0.1) is 0 Å². The smallest absolute Gasteiger partial charge is 0.148 e. The number of hydrogen-bond donors (Lipinski definition) is 1. The van der Waals surface area contributed by atoms with Gasteiger partial charge in [-0.3, -0.25) is 0 Å².